The molecular formula is C17H23NOS. The van der Waals surface area contributed by atoms with Crippen molar-refractivity contribution in [3.05, 3.63) is 51.7 Å². The first-order valence-corrected chi connectivity index (χ1v) is 7.99. The molecule has 1 N–H and O–H groups in total. The Bertz CT molecular complexity index is 518. The van der Waals surface area contributed by atoms with E-state index in [9.17, 15) is 0 Å². The van der Waals surface area contributed by atoms with Gasteiger partial charge >= 0.3 is 0 Å². The fraction of sp³-hybridized carbons (Fsp3) is 0.412. The number of benzene rings is 1. The Morgan fingerprint density at radius 3 is 2.45 bits per heavy atom. The lowest BCUT2D eigenvalue weighted by atomic mass is 9.99. The van der Waals surface area contributed by atoms with Crippen molar-refractivity contribution in [3.8, 4) is 5.75 Å². The Labute approximate surface area is 125 Å². The number of rotatable bonds is 7. The summed E-state index contributed by atoms with van der Waals surface area (Å²) in [5.74, 6) is 1.56. The Hall–Kier alpha value is -1.32. The normalized spacial score (nSPS) is 12.3. The maximum Gasteiger partial charge on any atom is 0.122 e. The summed E-state index contributed by atoms with van der Waals surface area (Å²) in [7, 11) is 1.97. The standard InChI is InChI=1S/C17H23NOS/c1-4-13(2)14-5-7-15(8-6-14)19-12-17-10-9-16(20-17)11-18-3/h5-10,13,18H,4,11-12H2,1-3H3. The average Bonchev–Trinajstić information content (AvgIpc) is 2.93. The van der Waals surface area contributed by atoms with Crippen molar-refractivity contribution in [1.82, 2.24) is 5.32 Å². The second kappa shape index (κ2) is 7.46. The SMILES string of the molecule is CCC(C)c1ccc(OCc2ccc(CNC)s2)cc1. The van der Waals surface area contributed by atoms with E-state index in [1.165, 1.54) is 21.7 Å². The fourth-order valence-electron chi connectivity index (χ4n) is 2.05. The van der Waals surface area contributed by atoms with Gasteiger partial charge in [-0.15, -0.1) is 11.3 Å². The summed E-state index contributed by atoms with van der Waals surface area (Å²) >= 11 is 1.80. The molecule has 0 amide bonds. The van der Waals surface area contributed by atoms with Gasteiger partial charge in [0.25, 0.3) is 0 Å². The maximum atomic E-state index is 5.84. The third kappa shape index (κ3) is 4.09. The zero-order valence-corrected chi connectivity index (χ0v) is 13.3. The van der Waals surface area contributed by atoms with Crippen LogP contribution in [0.5, 0.6) is 5.75 Å². The number of hydrogen-bond donors (Lipinski definition) is 1. The molecule has 0 saturated heterocycles. The van der Waals surface area contributed by atoms with E-state index in [0.29, 0.717) is 12.5 Å². The first-order valence-electron chi connectivity index (χ1n) is 7.18. The van der Waals surface area contributed by atoms with E-state index >= 15 is 0 Å². The fourth-order valence-corrected chi connectivity index (χ4v) is 3.00. The smallest absolute Gasteiger partial charge is 0.122 e. The molecule has 108 valence electrons. The molecule has 1 unspecified atom stereocenters. The molecule has 1 aromatic heterocycles. The van der Waals surface area contributed by atoms with Crippen LogP contribution in [0.15, 0.2) is 36.4 Å². The van der Waals surface area contributed by atoms with Gasteiger partial charge in [-0.2, -0.15) is 0 Å². The molecule has 0 fully saturated rings. The second-order valence-electron chi connectivity index (χ2n) is 5.07. The summed E-state index contributed by atoms with van der Waals surface area (Å²) in [4.78, 5) is 2.61. The van der Waals surface area contributed by atoms with Crippen LogP contribution in [0.1, 0.15) is 41.5 Å². The molecule has 0 aliphatic rings. The van der Waals surface area contributed by atoms with Crippen LogP contribution in [0.4, 0.5) is 0 Å². The van der Waals surface area contributed by atoms with E-state index in [0.717, 1.165) is 12.3 Å². The summed E-state index contributed by atoms with van der Waals surface area (Å²) in [6.45, 7) is 6.05. The van der Waals surface area contributed by atoms with Gasteiger partial charge in [0, 0.05) is 16.3 Å². The van der Waals surface area contributed by atoms with E-state index in [4.69, 9.17) is 4.74 Å². The minimum Gasteiger partial charge on any atom is -0.488 e. The van der Waals surface area contributed by atoms with Gasteiger partial charge in [-0.1, -0.05) is 26.0 Å². The molecule has 0 saturated carbocycles. The Balaban J connectivity index is 1.89. The molecular weight excluding hydrogens is 266 g/mol. The average molecular weight is 289 g/mol. The molecule has 1 heterocycles. The van der Waals surface area contributed by atoms with Crippen molar-refractivity contribution < 1.29 is 4.74 Å². The highest BCUT2D eigenvalue weighted by Gasteiger charge is 2.04. The molecule has 2 nitrogen and oxygen atoms in total. The third-order valence-corrected chi connectivity index (χ3v) is 4.57. The van der Waals surface area contributed by atoms with Crippen LogP contribution in [-0.4, -0.2) is 7.05 Å². The third-order valence-electron chi connectivity index (χ3n) is 3.51. The lowest BCUT2D eigenvalue weighted by Crippen LogP contribution is -2.02. The van der Waals surface area contributed by atoms with Crippen LogP contribution in [-0.2, 0) is 13.2 Å². The van der Waals surface area contributed by atoms with Crippen molar-refractivity contribution in [2.45, 2.75) is 39.3 Å². The van der Waals surface area contributed by atoms with Crippen LogP contribution in [0.25, 0.3) is 0 Å². The van der Waals surface area contributed by atoms with Crippen molar-refractivity contribution >= 4 is 11.3 Å². The lowest BCUT2D eigenvalue weighted by Gasteiger charge is -2.10. The first-order chi connectivity index (χ1) is 9.72. The van der Waals surface area contributed by atoms with Gasteiger partial charge in [0.2, 0.25) is 0 Å². The van der Waals surface area contributed by atoms with Crippen LogP contribution >= 0.6 is 11.3 Å². The monoisotopic (exact) mass is 289 g/mol. The number of nitrogens with one attached hydrogen (secondary N) is 1. The first kappa shape index (κ1) is 15.1. The van der Waals surface area contributed by atoms with Gasteiger partial charge in [0.05, 0.1) is 0 Å². The van der Waals surface area contributed by atoms with Crippen LogP contribution in [0.2, 0.25) is 0 Å². The highest BCUT2D eigenvalue weighted by Crippen LogP contribution is 2.23. The molecule has 3 heteroatoms. The van der Waals surface area contributed by atoms with E-state index < -0.39 is 0 Å². The van der Waals surface area contributed by atoms with Crippen molar-refractivity contribution in [3.63, 3.8) is 0 Å². The summed E-state index contributed by atoms with van der Waals surface area (Å²) in [5, 5.41) is 3.16. The summed E-state index contributed by atoms with van der Waals surface area (Å²) in [5.41, 5.74) is 1.38. The molecule has 1 aromatic carbocycles. The molecule has 0 spiro atoms. The topological polar surface area (TPSA) is 21.3 Å². The Morgan fingerprint density at radius 1 is 1.10 bits per heavy atom. The molecule has 1 atom stereocenters. The minimum atomic E-state index is 0.616. The molecule has 0 radical (unpaired) electrons. The van der Waals surface area contributed by atoms with Gasteiger partial charge in [0.1, 0.15) is 12.4 Å². The van der Waals surface area contributed by atoms with Crippen LogP contribution in [0, 0.1) is 0 Å². The molecule has 2 aromatic rings. The molecule has 0 aliphatic heterocycles. The molecule has 0 aliphatic carbocycles. The number of ether oxygens (including phenoxy) is 1. The van der Waals surface area contributed by atoms with Gasteiger partial charge in [0.15, 0.2) is 0 Å². The summed E-state index contributed by atoms with van der Waals surface area (Å²) < 4.78 is 5.84. The Morgan fingerprint density at radius 2 is 1.80 bits per heavy atom. The summed E-state index contributed by atoms with van der Waals surface area (Å²) in [6.07, 6.45) is 1.17. The minimum absolute atomic E-state index is 0.616. The van der Waals surface area contributed by atoms with Gasteiger partial charge < -0.3 is 10.1 Å². The van der Waals surface area contributed by atoms with Gasteiger partial charge in [-0.25, -0.2) is 0 Å². The second-order valence-corrected chi connectivity index (χ2v) is 6.32. The van der Waals surface area contributed by atoms with Crippen molar-refractivity contribution in [2.75, 3.05) is 7.05 Å². The highest BCUT2D eigenvalue weighted by molar-refractivity contribution is 7.11. The maximum absolute atomic E-state index is 5.84. The van der Waals surface area contributed by atoms with Crippen LogP contribution < -0.4 is 10.1 Å². The Kier molecular flexibility index (Phi) is 5.62. The van der Waals surface area contributed by atoms with E-state index in [1.54, 1.807) is 11.3 Å². The zero-order chi connectivity index (χ0) is 14.4. The van der Waals surface area contributed by atoms with Crippen molar-refractivity contribution in [1.29, 1.82) is 0 Å². The number of hydrogen-bond acceptors (Lipinski definition) is 3. The molecule has 2 rings (SSSR count). The van der Waals surface area contributed by atoms with E-state index in [2.05, 4.69) is 55.6 Å². The van der Waals surface area contributed by atoms with Gasteiger partial charge in [-0.3, -0.25) is 0 Å². The van der Waals surface area contributed by atoms with Crippen molar-refractivity contribution in [2.24, 2.45) is 0 Å². The number of thiophene rings is 1. The molecule has 0 bridgehead atoms. The van der Waals surface area contributed by atoms with E-state index in [-0.39, 0.29) is 0 Å². The lowest BCUT2D eigenvalue weighted by molar-refractivity contribution is 0.309. The van der Waals surface area contributed by atoms with Gasteiger partial charge in [-0.05, 0) is 49.2 Å². The van der Waals surface area contributed by atoms with E-state index in [1.807, 2.05) is 7.05 Å². The van der Waals surface area contributed by atoms with Crippen LogP contribution in [0.3, 0.4) is 0 Å². The summed E-state index contributed by atoms with van der Waals surface area (Å²) in [6, 6.07) is 12.8. The zero-order valence-electron chi connectivity index (χ0n) is 12.5. The molecule has 20 heavy (non-hydrogen) atoms. The predicted octanol–water partition coefficient (Wildman–Crippen LogP) is 4.56. The highest BCUT2D eigenvalue weighted by atomic mass is 32.1. The quantitative estimate of drug-likeness (QED) is 0.806. The predicted molar refractivity (Wildman–Crippen MR) is 86.6 cm³/mol. The largest absolute Gasteiger partial charge is 0.488 e.